The normalized spacial score (nSPS) is 10.7. The van der Waals surface area contributed by atoms with Crippen molar-refractivity contribution >= 4 is 16.6 Å². The molecule has 3 N–H and O–H groups in total. The lowest BCUT2D eigenvalue weighted by Gasteiger charge is -2.07. The summed E-state index contributed by atoms with van der Waals surface area (Å²) in [5, 5.41) is 13.5. The molecule has 1 aromatic carbocycles. The fourth-order valence-electron chi connectivity index (χ4n) is 1.94. The predicted octanol–water partition coefficient (Wildman–Crippen LogP) is 2.10. The highest BCUT2D eigenvalue weighted by molar-refractivity contribution is 5.83. The third kappa shape index (κ3) is 3.11. The van der Waals surface area contributed by atoms with Gasteiger partial charge in [-0.1, -0.05) is 18.2 Å². The van der Waals surface area contributed by atoms with Crippen molar-refractivity contribution in [2.24, 2.45) is 0 Å². The molecule has 0 aliphatic carbocycles. The van der Waals surface area contributed by atoms with Crippen molar-refractivity contribution in [3.63, 3.8) is 0 Å². The number of hydrogen-bond donors (Lipinski definition) is 3. The molecule has 0 atom stereocenters. The number of aromatic nitrogens is 1. The molecule has 0 saturated carbocycles. The molecule has 4 heteroatoms. The van der Waals surface area contributed by atoms with Gasteiger partial charge in [-0.15, -0.1) is 0 Å². The van der Waals surface area contributed by atoms with Crippen molar-refractivity contribution in [3.05, 3.63) is 40.7 Å². The molecule has 96 valence electrons. The monoisotopic (exact) mass is 246 g/mol. The van der Waals surface area contributed by atoms with Crippen molar-refractivity contribution in [2.75, 3.05) is 18.5 Å². The number of nitrogens with one attached hydrogen (secondary N) is 2. The maximum atomic E-state index is 11.8. The summed E-state index contributed by atoms with van der Waals surface area (Å²) in [6.07, 6.45) is 2.80. The van der Waals surface area contributed by atoms with Gasteiger partial charge in [0.05, 0.1) is 0 Å². The number of fused-ring (bicyclic) bond motifs is 1. The molecule has 0 radical (unpaired) electrons. The van der Waals surface area contributed by atoms with Crippen LogP contribution >= 0.6 is 0 Å². The Balaban J connectivity index is 2.03. The minimum Gasteiger partial charge on any atom is -0.396 e. The van der Waals surface area contributed by atoms with Crippen molar-refractivity contribution in [2.45, 2.75) is 19.3 Å². The fraction of sp³-hybridized carbons (Fsp3) is 0.357. The number of unbranched alkanes of at least 4 members (excludes halogenated alkanes) is 2. The van der Waals surface area contributed by atoms with E-state index < -0.39 is 0 Å². The quantitative estimate of drug-likeness (QED) is 0.684. The fourth-order valence-corrected chi connectivity index (χ4v) is 1.94. The Morgan fingerprint density at radius 2 is 2.00 bits per heavy atom. The highest BCUT2D eigenvalue weighted by Crippen LogP contribution is 2.12. The largest absolute Gasteiger partial charge is 0.396 e. The maximum absolute atomic E-state index is 11.8. The summed E-state index contributed by atoms with van der Waals surface area (Å²) in [6, 6.07) is 9.48. The zero-order valence-electron chi connectivity index (χ0n) is 10.3. The highest BCUT2D eigenvalue weighted by atomic mass is 16.2. The maximum Gasteiger partial charge on any atom is 0.257 e. The number of aliphatic hydroxyl groups excluding tert-OH is 1. The molecular weight excluding hydrogens is 228 g/mol. The Labute approximate surface area is 106 Å². The van der Waals surface area contributed by atoms with Crippen molar-refractivity contribution in [1.29, 1.82) is 0 Å². The minimum absolute atomic E-state index is 0.0639. The molecule has 0 aliphatic rings. The SMILES string of the molecule is O=c1[nH]c(NCCCCCO)cc2ccccc12. The summed E-state index contributed by atoms with van der Waals surface area (Å²) in [7, 11) is 0. The van der Waals surface area contributed by atoms with E-state index in [0.29, 0.717) is 5.39 Å². The number of hydrogen-bond acceptors (Lipinski definition) is 3. The Morgan fingerprint density at radius 3 is 2.83 bits per heavy atom. The second-order valence-electron chi connectivity index (χ2n) is 4.31. The molecule has 2 aromatic rings. The second-order valence-corrected chi connectivity index (χ2v) is 4.31. The van der Waals surface area contributed by atoms with E-state index in [-0.39, 0.29) is 12.2 Å². The van der Waals surface area contributed by atoms with Crippen LogP contribution in [0.5, 0.6) is 0 Å². The zero-order valence-corrected chi connectivity index (χ0v) is 10.3. The summed E-state index contributed by atoms with van der Waals surface area (Å²) in [6.45, 7) is 1.04. The summed E-state index contributed by atoms with van der Waals surface area (Å²) in [4.78, 5) is 14.6. The Bertz CT molecular complexity index is 563. The Hall–Kier alpha value is -1.81. The van der Waals surface area contributed by atoms with Gasteiger partial charge in [0.2, 0.25) is 0 Å². The van der Waals surface area contributed by atoms with Crippen molar-refractivity contribution < 1.29 is 5.11 Å². The van der Waals surface area contributed by atoms with Gasteiger partial charge in [-0.2, -0.15) is 0 Å². The van der Waals surface area contributed by atoms with Crippen LogP contribution in [-0.4, -0.2) is 23.2 Å². The smallest absolute Gasteiger partial charge is 0.257 e. The van der Waals surface area contributed by atoms with Gasteiger partial charge in [-0.05, 0) is 36.8 Å². The Kier molecular flexibility index (Phi) is 4.36. The summed E-state index contributed by atoms with van der Waals surface area (Å²) < 4.78 is 0. The lowest BCUT2D eigenvalue weighted by molar-refractivity contribution is 0.283. The van der Waals surface area contributed by atoms with Gasteiger partial charge in [0, 0.05) is 18.5 Å². The number of anilines is 1. The molecule has 4 nitrogen and oxygen atoms in total. The van der Waals surface area contributed by atoms with Gasteiger partial charge < -0.3 is 15.4 Å². The number of H-pyrrole nitrogens is 1. The zero-order chi connectivity index (χ0) is 12.8. The van der Waals surface area contributed by atoms with E-state index >= 15 is 0 Å². The number of rotatable bonds is 6. The number of aromatic amines is 1. The third-order valence-electron chi connectivity index (χ3n) is 2.90. The first-order valence-corrected chi connectivity index (χ1v) is 6.28. The van der Waals surface area contributed by atoms with Gasteiger partial charge in [0.15, 0.2) is 0 Å². The van der Waals surface area contributed by atoms with Gasteiger partial charge in [-0.3, -0.25) is 4.79 Å². The molecule has 1 aromatic heterocycles. The van der Waals surface area contributed by atoms with Crippen LogP contribution in [0, 0.1) is 0 Å². The van der Waals surface area contributed by atoms with E-state index in [1.165, 1.54) is 0 Å². The molecule has 18 heavy (non-hydrogen) atoms. The van der Waals surface area contributed by atoms with Crippen LogP contribution in [0.3, 0.4) is 0 Å². The van der Waals surface area contributed by atoms with Crippen molar-refractivity contribution in [1.82, 2.24) is 4.98 Å². The molecule has 0 amide bonds. The molecule has 1 heterocycles. The van der Waals surface area contributed by atoms with E-state index in [9.17, 15) is 4.79 Å². The molecule has 0 aliphatic heterocycles. The number of pyridine rings is 1. The van der Waals surface area contributed by atoms with Crippen molar-refractivity contribution in [3.8, 4) is 0 Å². The molecule has 0 unspecified atom stereocenters. The van der Waals surface area contributed by atoms with Gasteiger partial charge >= 0.3 is 0 Å². The van der Waals surface area contributed by atoms with E-state index in [0.717, 1.165) is 37.0 Å². The number of benzene rings is 1. The summed E-state index contributed by atoms with van der Waals surface area (Å²) >= 11 is 0. The lowest BCUT2D eigenvalue weighted by atomic mass is 10.2. The van der Waals surface area contributed by atoms with E-state index in [1.54, 1.807) is 0 Å². The van der Waals surface area contributed by atoms with Crippen LogP contribution in [0.1, 0.15) is 19.3 Å². The van der Waals surface area contributed by atoms with Gasteiger partial charge in [-0.25, -0.2) is 0 Å². The molecule has 0 bridgehead atoms. The Morgan fingerprint density at radius 1 is 1.17 bits per heavy atom. The molecule has 2 rings (SSSR count). The van der Waals surface area contributed by atoms with Crippen LogP contribution in [0.2, 0.25) is 0 Å². The average Bonchev–Trinajstić information content (AvgIpc) is 2.39. The van der Waals surface area contributed by atoms with Crippen LogP contribution in [0.25, 0.3) is 10.8 Å². The summed E-state index contributed by atoms with van der Waals surface area (Å²) in [5.74, 6) is 0.752. The van der Waals surface area contributed by atoms with Gasteiger partial charge in [0.25, 0.3) is 5.56 Å². The molecule has 0 saturated heterocycles. The highest BCUT2D eigenvalue weighted by Gasteiger charge is 2.00. The molecule has 0 fully saturated rings. The van der Waals surface area contributed by atoms with E-state index in [2.05, 4.69) is 10.3 Å². The molecule has 0 spiro atoms. The summed E-state index contributed by atoms with van der Waals surface area (Å²) in [5.41, 5.74) is -0.0639. The first kappa shape index (κ1) is 12.6. The predicted molar refractivity (Wildman–Crippen MR) is 74.0 cm³/mol. The first-order valence-electron chi connectivity index (χ1n) is 6.28. The molecular formula is C14H18N2O2. The first-order chi connectivity index (χ1) is 8.81. The lowest BCUT2D eigenvalue weighted by Crippen LogP contribution is -2.11. The topological polar surface area (TPSA) is 65.1 Å². The van der Waals surface area contributed by atoms with Crippen LogP contribution in [0.15, 0.2) is 35.1 Å². The second kappa shape index (κ2) is 6.21. The minimum atomic E-state index is -0.0639. The number of aliphatic hydroxyl groups is 1. The van der Waals surface area contributed by atoms with Gasteiger partial charge in [0.1, 0.15) is 5.82 Å². The standard InChI is InChI=1S/C14H18N2O2/c17-9-5-1-4-8-15-13-10-11-6-2-3-7-12(11)14(18)16-13/h2-3,6-7,10,17H,1,4-5,8-9H2,(H2,15,16,18). The third-order valence-corrected chi connectivity index (χ3v) is 2.90. The van der Waals surface area contributed by atoms with E-state index in [4.69, 9.17) is 5.11 Å². The van der Waals surface area contributed by atoms with E-state index in [1.807, 2.05) is 30.3 Å². The van der Waals surface area contributed by atoms with Crippen LogP contribution in [-0.2, 0) is 0 Å². The van der Waals surface area contributed by atoms with Crippen LogP contribution < -0.4 is 10.9 Å². The van der Waals surface area contributed by atoms with Crippen LogP contribution in [0.4, 0.5) is 5.82 Å². The average molecular weight is 246 g/mol.